The first-order valence-corrected chi connectivity index (χ1v) is 2.41. The van der Waals surface area contributed by atoms with Crippen LogP contribution in [-0.2, 0) is 0 Å². The van der Waals surface area contributed by atoms with Gasteiger partial charge in [0.2, 0.25) is 0 Å². The maximum Gasteiger partial charge on any atom is 0 e. The summed E-state index contributed by atoms with van der Waals surface area (Å²) in [5.74, 6) is 0. The minimum absolute atomic E-state index is 0. The zero-order valence-electron chi connectivity index (χ0n) is 7.39. The first kappa shape index (κ1) is 18.1. The normalized spacial score (nSPS) is 6.10. The molecule has 0 aliphatic rings. The third-order valence-electron chi connectivity index (χ3n) is 0.940. The molecule has 0 atom stereocenters. The number of hydrogen-bond donors (Lipinski definition) is 0. The number of hydrogen-bond acceptors (Lipinski definition) is 0. The predicted octanol–water partition coefficient (Wildman–Crippen LogP) is 0.853. The van der Waals surface area contributed by atoms with Gasteiger partial charge in [-0.3, -0.25) is 0 Å². The summed E-state index contributed by atoms with van der Waals surface area (Å²) in [6.07, 6.45) is 0. The molecule has 0 saturated heterocycles. The van der Waals surface area contributed by atoms with Crippen molar-refractivity contribution in [2.45, 2.75) is 6.92 Å². The molecule has 3 radical (unpaired) electrons. The summed E-state index contributed by atoms with van der Waals surface area (Å²) in [4.78, 5) is 0. The van der Waals surface area contributed by atoms with E-state index in [2.05, 4.69) is 19.1 Å². The molecule has 0 bridgehead atoms. The van der Waals surface area contributed by atoms with Gasteiger partial charge in [0.1, 0.15) is 0 Å². The van der Waals surface area contributed by atoms with Crippen LogP contribution < -0.4 is 0 Å². The summed E-state index contributed by atoms with van der Waals surface area (Å²) >= 11 is 0. The monoisotopic (exact) mass is 161 g/mol. The van der Waals surface area contributed by atoms with Gasteiger partial charge in [-0.2, -0.15) is 0 Å². The van der Waals surface area contributed by atoms with Gasteiger partial charge in [0.05, 0.1) is 0 Å². The summed E-state index contributed by atoms with van der Waals surface area (Å²) in [5, 5.41) is 0. The van der Waals surface area contributed by atoms with Gasteiger partial charge >= 0.3 is 0 Å². The van der Waals surface area contributed by atoms with Crippen LogP contribution in [-0.4, -0.2) is 88.7 Å². The van der Waals surface area contributed by atoms with Crippen LogP contribution in [0.2, 0.25) is 0 Å². The van der Waals surface area contributed by atoms with Gasteiger partial charge in [-0.25, -0.2) is 0 Å². The SMILES string of the molecule is Cc1ccccc1.[Na].[Na].[Na]. The Bertz CT molecular complexity index is 139. The van der Waals surface area contributed by atoms with Crippen molar-refractivity contribution in [1.29, 1.82) is 0 Å². The Morgan fingerprint density at radius 3 is 1.40 bits per heavy atom. The summed E-state index contributed by atoms with van der Waals surface area (Å²) < 4.78 is 0. The molecule has 0 N–H and O–H groups in total. The predicted molar refractivity (Wildman–Crippen MR) is 48.4 cm³/mol. The Labute approximate surface area is 129 Å². The summed E-state index contributed by atoms with van der Waals surface area (Å²) in [7, 11) is 0. The topological polar surface area (TPSA) is 0 Å². The van der Waals surface area contributed by atoms with Gasteiger partial charge < -0.3 is 0 Å². The van der Waals surface area contributed by atoms with Crippen LogP contribution in [0.5, 0.6) is 0 Å². The van der Waals surface area contributed by atoms with Gasteiger partial charge in [0.25, 0.3) is 0 Å². The molecule has 0 spiro atoms. The largest absolute Gasteiger partial charge is 0.0622 e. The Morgan fingerprint density at radius 1 is 0.800 bits per heavy atom. The molecular weight excluding hydrogens is 153 g/mol. The molecule has 0 aromatic heterocycles. The third kappa shape index (κ3) is 8.32. The fourth-order valence-electron chi connectivity index (χ4n) is 0.534. The third-order valence-corrected chi connectivity index (χ3v) is 0.940. The van der Waals surface area contributed by atoms with Crippen molar-refractivity contribution in [3.8, 4) is 0 Å². The molecule has 1 rings (SSSR count). The fraction of sp³-hybridized carbons (Fsp3) is 0.143. The van der Waals surface area contributed by atoms with Gasteiger partial charge in [-0.05, 0) is 6.92 Å². The zero-order chi connectivity index (χ0) is 5.11. The molecule has 1 aromatic carbocycles. The van der Waals surface area contributed by atoms with E-state index in [1.807, 2.05) is 18.2 Å². The molecule has 0 saturated carbocycles. The van der Waals surface area contributed by atoms with E-state index in [4.69, 9.17) is 0 Å². The average Bonchev–Trinajstić information content (AvgIpc) is 1.69. The molecule has 39 valence electrons. The maximum absolute atomic E-state index is 2.08. The molecule has 0 unspecified atom stereocenters. The van der Waals surface area contributed by atoms with Gasteiger partial charge in [0.15, 0.2) is 0 Å². The second kappa shape index (κ2) is 11.2. The Morgan fingerprint density at radius 2 is 1.20 bits per heavy atom. The number of aryl methyl sites for hydroxylation is 1. The van der Waals surface area contributed by atoms with E-state index in [-0.39, 0.29) is 88.7 Å². The van der Waals surface area contributed by atoms with Crippen LogP contribution in [0.3, 0.4) is 0 Å². The van der Waals surface area contributed by atoms with Crippen molar-refractivity contribution in [2.75, 3.05) is 0 Å². The molecule has 0 nitrogen and oxygen atoms in total. The summed E-state index contributed by atoms with van der Waals surface area (Å²) in [5.41, 5.74) is 1.32. The molecule has 0 aliphatic carbocycles. The van der Waals surface area contributed by atoms with Crippen LogP contribution in [0, 0.1) is 6.92 Å². The second-order valence-electron chi connectivity index (χ2n) is 1.65. The Kier molecular flexibility index (Phi) is 20.3. The van der Waals surface area contributed by atoms with Crippen molar-refractivity contribution >= 4 is 88.7 Å². The quantitative estimate of drug-likeness (QED) is 0.495. The maximum atomic E-state index is 2.08. The van der Waals surface area contributed by atoms with Gasteiger partial charge in [-0.15, -0.1) is 0 Å². The van der Waals surface area contributed by atoms with Crippen LogP contribution in [0.1, 0.15) is 5.56 Å². The van der Waals surface area contributed by atoms with Crippen molar-refractivity contribution in [2.24, 2.45) is 0 Å². The molecular formula is C7H8Na3. The molecule has 0 amide bonds. The Balaban J connectivity index is -0.000000163. The molecule has 0 aliphatic heterocycles. The average molecular weight is 161 g/mol. The molecule has 0 heterocycles. The van der Waals surface area contributed by atoms with E-state index in [0.717, 1.165) is 0 Å². The first-order valence-electron chi connectivity index (χ1n) is 2.41. The molecule has 1 aromatic rings. The Hall–Kier alpha value is 2.22. The van der Waals surface area contributed by atoms with Crippen LogP contribution in [0.25, 0.3) is 0 Å². The number of benzene rings is 1. The number of rotatable bonds is 0. The molecule has 10 heavy (non-hydrogen) atoms. The van der Waals surface area contributed by atoms with Gasteiger partial charge in [-0.1, -0.05) is 35.9 Å². The van der Waals surface area contributed by atoms with E-state index < -0.39 is 0 Å². The van der Waals surface area contributed by atoms with Crippen molar-refractivity contribution in [1.82, 2.24) is 0 Å². The zero-order valence-corrected chi connectivity index (χ0v) is 13.4. The van der Waals surface area contributed by atoms with E-state index >= 15 is 0 Å². The first-order chi connectivity index (χ1) is 3.39. The van der Waals surface area contributed by atoms with E-state index in [9.17, 15) is 0 Å². The van der Waals surface area contributed by atoms with Crippen molar-refractivity contribution in [3.63, 3.8) is 0 Å². The second-order valence-corrected chi connectivity index (χ2v) is 1.65. The van der Waals surface area contributed by atoms with Crippen LogP contribution >= 0.6 is 0 Å². The van der Waals surface area contributed by atoms with E-state index in [1.165, 1.54) is 5.56 Å². The molecule has 3 heteroatoms. The summed E-state index contributed by atoms with van der Waals surface area (Å²) in [6, 6.07) is 10.3. The fourth-order valence-corrected chi connectivity index (χ4v) is 0.534. The smallest absolute Gasteiger partial charge is 0 e. The van der Waals surface area contributed by atoms with Crippen molar-refractivity contribution < 1.29 is 0 Å². The minimum atomic E-state index is 0. The standard InChI is InChI=1S/C7H8.3Na/c1-7-5-3-2-4-6-7;;;/h2-6H,1H3;;;. The van der Waals surface area contributed by atoms with Crippen LogP contribution in [0.4, 0.5) is 0 Å². The van der Waals surface area contributed by atoms with Crippen molar-refractivity contribution in [3.05, 3.63) is 35.9 Å². The van der Waals surface area contributed by atoms with Crippen LogP contribution in [0.15, 0.2) is 30.3 Å². The van der Waals surface area contributed by atoms with Gasteiger partial charge in [0, 0.05) is 88.7 Å². The van der Waals surface area contributed by atoms with E-state index in [1.54, 1.807) is 0 Å². The summed E-state index contributed by atoms with van der Waals surface area (Å²) in [6.45, 7) is 2.08. The molecule has 0 fully saturated rings. The minimum Gasteiger partial charge on any atom is -0.0622 e. The van der Waals surface area contributed by atoms with E-state index in [0.29, 0.717) is 0 Å².